The molecule has 0 aliphatic heterocycles. The minimum atomic E-state index is -4.42. The molecule has 0 aliphatic carbocycles. The van der Waals surface area contributed by atoms with E-state index in [0.717, 1.165) is 24.3 Å². The maximum Gasteiger partial charge on any atom is 0.416 e. The quantitative estimate of drug-likeness (QED) is 0.468. The highest BCUT2D eigenvalue weighted by atomic mass is 32.2. The molecule has 0 aliphatic rings. The van der Waals surface area contributed by atoms with Crippen LogP contribution < -0.4 is 0 Å². The van der Waals surface area contributed by atoms with Gasteiger partial charge in [0.1, 0.15) is 0 Å². The van der Waals surface area contributed by atoms with Crippen LogP contribution in [0.1, 0.15) is 22.3 Å². The normalized spacial score (nSPS) is 14.5. The number of thioether (sulfide) groups is 2. The Hall–Kier alpha value is -1.36. The zero-order valence-electron chi connectivity index (χ0n) is 15.6. The van der Waals surface area contributed by atoms with Gasteiger partial charge in [0.05, 0.1) is 23.3 Å². The molecule has 0 radical (unpaired) electrons. The summed E-state index contributed by atoms with van der Waals surface area (Å²) in [5, 5.41) is 20.0. The predicted octanol–water partition coefficient (Wildman–Crippen LogP) is 5.61. The Bertz CT molecular complexity index is 743. The van der Waals surface area contributed by atoms with E-state index in [-0.39, 0.29) is 23.0 Å². The first-order valence-corrected chi connectivity index (χ1v) is 11.1. The summed E-state index contributed by atoms with van der Waals surface area (Å²) in [6.45, 7) is 0. The van der Waals surface area contributed by atoms with Crippen molar-refractivity contribution in [2.45, 2.75) is 36.1 Å². The lowest BCUT2D eigenvalue weighted by Gasteiger charge is -2.17. The summed E-state index contributed by atoms with van der Waals surface area (Å²) >= 11 is 2.37. The summed E-state index contributed by atoms with van der Waals surface area (Å²) in [4.78, 5) is 0. The first-order chi connectivity index (χ1) is 14.0. The van der Waals surface area contributed by atoms with Crippen molar-refractivity contribution >= 4 is 23.5 Å². The SMILES string of the molecule is O[C@H](CSCc1cccc(C(F)(F)F)c1)[C@H](O)CSCc1cccc(C(F)(F)F)c1. The predicted molar refractivity (Wildman–Crippen MR) is 107 cm³/mol. The zero-order valence-corrected chi connectivity index (χ0v) is 17.2. The van der Waals surface area contributed by atoms with Gasteiger partial charge in [0.15, 0.2) is 0 Å². The molecule has 0 heterocycles. The van der Waals surface area contributed by atoms with Crippen molar-refractivity contribution in [2.75, 3.05) is 11.5 Å². The van der Waals surface area contributed by atoms with Gasteiger partial charge >= 0.3 is 12.4 Å². The summed E-state index contributed by atoms with van der Waals surface area (Å²) in [6, 6.07) is 9.78. The standard InChI is InChI=1S/C20H20F6O2S2/c21-19(22,23)15-5-1-3-13(7-15)9-29-11-17(27)18(28)12-30-10-14-4-2-6-16(8-14)20(24,25)26/h1-8,17-18,27-28H,9-12H2/t17-,18-/m1/s1. The van der Waals surface area contributed by atoms with Crippen LogP contribution in [-0.2, 0) is 23.9 Å². The number of alkyl halides is 6. The van der Waals surface area contributed by atoms with Gasteiger partial charge in [0, 0.05) is 23.0 Å². The fourth-order valence-electron chi connectivity index (χ4n) is 2.49. The molecule has 10 heteroatoms. The Labute approximate surface area is 178 Å². The van der Waals surface area contributed by atoms with Crippen LogP contribution in [0.5, 0.6) is 0 Å². The van der Waals surface area contributed by atoms with Crippen molar-refractivity contribution in [3.63, 3.8) is 0 Å². The van der Waals surface area contributed by atoms with E-state index in [1.165, 1.54) is 35.7 Å². The van der Waals surface area contributed by atoms with Crippen molar-refractivity contribution in [1.82, 2.24) is 0 Å². The second kappa shape index (κ2) is 10.8. The molecule has 0 spiro atoms. The molecule has 2 aromatic carbocycles. The van der Waals surface area contributed by atoms with Crippen molar-refractivity contribution in [3.05, 3.63) is 70.8 Å². The molecule has 0 saturated heterocycles. The highest BCUT2D eigenvalue weighted by molar-refractivity contribution is 7.98. The van der Waals surface area contributed by atoms with Gasteiger partial charge in [-0.25, -0.2) is 0 Å². The van der Waals surface area contributed by atoms with Crippen molar-refractivity contribution < 1.29 is 36.6 Å². The Morgan fingerprint density at radius 2 is 1.03 bits per heavy atom. The summed E-state index contributed by atoms with van der Waals surface area (Å²) < 4.78 is 76.2. The summed E-state index contributed by atoms with van der Waals surface area (Å²) in [5.74, 6) is 0.708. The molecule has 30 heavy (non-hydrogen) atoms. The fraction of sp³-hybridized carbons (Fsp3) is 0.400. The zero-order chi connectivity index (χ0) is 22.4. The Balaban J connectivity index is 1.74. The third kappa shape index (κ3) is 8.05. The first kappa shape index (κ1) is 24.9. The van der Waals surface area contributed by atoms with Gasteiger partial charge in [-0.05, 0) is 23.3 Å². The molecular weight excluding hydrogens is 450 g/mol. The third-order valence-corrected chi connectivity index (χ3v) is 6.30. The van der Waals surface area contributed by atoms with E-state index in [1.54, 1.807) is 12.1 Å². The van der Waals surface area contributed by atoms with Gasteiger partial charge in [-0.2, -0.15) is 49.9 Å². The van der Waals surface area contributed by atoms with Crippen LogP contribution in [0.2, 0.25) is 0 Å². The molecule has 0 fully saturated rings. The molecular formula is C20H20F6O2S2. The van der Waals surface area contributed by atoms with Crippen molar-refractivity contribution in [2.24, 2.45) is 0 Å². The molecule has 2 aromatic rings. The lowest BCUT2D eigenvalue weighted by atomic mass is 10.1. The van der Waals surface area contributed by atoms with Gasteiger partial charge in [-0.15, -0.1) is 0 Å². The van der Waals surface area contributed by atoms with Crippen LogP contribution in [0.4, 0.5) is 26.3 Å². The van der Waals surface area contributed by atoms with E-state index in [1.807, 2.05) is 0 Å². The second-order valence-electron chi connectivity index (χ2n) is 6.56. The van der Waals surface area contributed by atoms with Crippen molar-refractivity contribution in [1.29, 1.82) is 0 Å². The number of benzene rings is 2. The average Bonchev–Trinajstić information content (AvgIpc) is 2.67. The average molecular weight is 471 g/mol. The van der Waals surface area contributed by atoms with Crippen LogP contribution in [-0.4, -0.2) is 33.9 Å². The molecule has 0 unspecified atom stereocenters. The fourth-order valence-corrected chi connectivity index (χ4v) is 4.49. The van der Waals surface area contributed by atoms with Crippen LogP contribution in [0.3, 0.4) is 0 Å². The smallest absolute Gasteiger partial charge is 0.390 e. The number of aliphatic hydroxyl groups is 2. The molecule has 2 rings (SSSR count). The van der Waals surface area contributed by atoms with E-state index in [0.29, 0.717) is 11.1 Å². The minimum absolute atomic E-state index is 0.113. The van der Waals surface area contributed by atoms with E-state index in [2.05, 4.69) is 0 Å². The lowest BCUT2D eigenvalue weighted by Crippen LogP contribution is -2.30. The molecule has 0 saturated carbocycles. The highest BCUT2D eigenvalue weighted by Gasteiger charge is 2.31. The number of aliphatic hydroxyl groups excluding tert-OH is 2. The summed E-state index contributed by atoms with van der Waals surface area (Å²) in [7, 11) is 0. The van der Waals surface area contributed by atoms with Gasteiger partial charge < -0.3 is 10.2 Å². The van der Waals surface area contributed by atoms with E-state index >= 15 is 0 Å². The summed E-state index contributed by atoms with van der Waals surface area (Å²) in [6.07, 6.45) is -11.1. The number of hydrogen-bond acceptors (Lipinski definition) is 4. The topological polar surface area (TPSA) is 40.5 Å². The first-order valence-electron chi connectivity index (χ1n) is 8.80. The summed E-state index contributed by atoms with van der Waals surface area (Å²) in [5.41, 5.74) is -0.578. The Morgan fingerprint density at radius 1 is 0.667 bits per heavy atom. The van der Waals surface area contributed by atoms with Crippen LogP contribution >= 0.6 is 23.5 Å². The number of halogens is 6. The molecule has 166 valence electrons. The molecule has 2 N–H and O–H groups in total. The van der Waals surface area contributed by atoms with Gasteiger partial charge in [-0.1, -0.05) is 36.4 Å². The lowest BCUT2D eigenvalue weighted by molar-refractivity contribution is -0.138. The van der Waals surface area contributed by atoms with Crippen LogP contribution in [0.25, 0.3) is 0 Å². The molecule has 0 bridgehead atoms. The largest absolute Gasteiger partial charge is 0.416 e. The maximum atomic E-state index is 12.7. The number of hydrogen-bond donors (Lipinski definition) is 2. The molecule has 2 atom stereocenters. The van der Waals surface area contributed by atoms with E-state index < -0.39 is 35.7 Å². The monoisotopic (exact) mass is 470 g/mol. The van der Waals surface area contributed by atoms with Gasteiger partial charge in [0.25, 0.3) is 0 Å². The van der Waals surface area contributed by atoms with Gasteiger partial charge in [-0.3, -0.25) is 0 Å². The second-order valence-corrected chi connectivity index (χ2v) is 8.62. The highest BCUT2D eigenvalue weighted by Crippen LogP contribution is 2.31. The Kier molecular flexibility index (Phi) is 8.96. The van der Waals surface area contributed by atoms with Crippen molar-refractivity contribution in [3.8, 4) is 0 Å². The van der Waals surface area contributed by atoms with Gasteiger partial charge in [0.2, 0.25) is 0 Å². The third-order valence-electron chi connectivity index (χ3n) is 4.07. The van der Waals surface area contributed by atoms with Crippen LogP contribution in [0, 0.1) is 0 Å². The van der Waals surface area contributed by atoms with E-state index in [9.17, 15) is 36.6 Å². The molecule has 2 nitrogen and oxygen atoms in total. The maximum absolute atomic E-state index is 12.7. The minimum Gasteiger partial charge on any atom is -0.390 e. The number of rotatable bonds is 9. The van der Waals surface area contributed by atoms with Crippen LogP contribution in [0.15, 0.2) is 48.5 Å². The molecule has 0 aromatic heterocycles. The Morgan fingerprint density at radius 3 is 1.37 bits per heavy atom. The van der Waals surface area contributed by atoms with E-state index in [4.69, 9.17) is 0 Å². The molecule has 0 amide bonds.